The second kappa shape index (κ2) is 5.20. The predicted molar refractivity (Wildman–Crippen MR) is 84.4 cm³/mol. The van der Waals surface area contributed by atoms with E-state index in [4.69, 9.17) is 9.15 Å². The minimum absolute atomic E-state index is 0.0153. The molecule has 2 aliphatic rings. The van der Waals surface area contributed by atoms with Gasteiger partial charge in [0.05, 0.1) is 6.54 Å². The van der Waals surface area contributed by atoms with E-state index in [9.17, 15) is 9.59 Å². The lowest BCUT2D eigenvalue weighted by Crippen LogP contribution is -2.53. The largest absolute Gasteiger partial charge is 0.451 e. The minimum Gasteiger partial charge on any atom is -0.451 e. The molecule has 0 bridgehead atoms. The molecule has 0 saturated carbocycles. The Morgan fingerprint density at radius 3 is 2.87 bits per heavy atom. The third-order valence-electron chi connectivity index (χ3n) is 4.90. The van der Waals surface area contributed by atoms with Gasteiger partial charge in [0.15, 0.2) is 11.5 Å². The van der Waals surface area contributed by atoms with Crippen molar-refractivity contribution in [2.75, 3.05) is 19.7 Å². The standard InChI is InChI=1S/C18H19NO4/c1-12-3-4-14-13(9-12)10-15(23-14)17(21)19-7-6-18(16(20)11-19)5-2-8-22-18/h3-4,9-10H,2,5-8,11H2,1H3/t18-/m0/s1. The van der Waals surface area contributed by atoms with E-state index in [0.29, 0.717) is 30.9 Å². The first-order valence-electron chi connectivity index (χ1n) is 8.04. The van der Waals surface area contributed by atoms with Crippen molar-refractivity contribution in [3.63, 3.8) is 0 Å². The fourth-order valence-corrected chi connectivity index (χ4v) is 3.56. The molecule has 3 heterocycles. The smallest absolute Gasteiger partial charge is 0.290 e. The summed E-state index contributed by atoms with van der Waals surface area (Å²) < 4.78 is 11.3. The van der Waals surface area contributed by atoms with Crippen LogP contribution in [0, 0.1) is 6.92 Å². The maximum atomic E-state index is 12.6. The van der Waals surface area contributed by atoms with Crippen molar-refractivity contribution in [1.29, 1.82) is 0 Å². The molecule has 4 rings (SSSR count). The van der Waals surface area contributed by atoms with Crippen molar-refractivity contribution in [3.05, 3.63) is 35.6 Å². The van der Waals surface area contributed by atoms with Gasteiger partial charge in [-0.25, -0.2) is 0 Å². The van der Waals surface area contributed by atoms with Crippen LogP contribution in [-0.2, 0) is 9.53 Å². The number of fused-ring (bicyclic) bond motifs is 1. The summed E-state index contributed by atoms with van der Waals surface area (Å²) in [4.78, 5) is 26.6. The Labute approximate surface area is 134 Å². The van der Waals surface area contributed by atoms with Crippen molar-refractivity contribution in [2.45, 2.75) is 31.8 Å². The molecule has 5 heteroatoms. The first-order chi connectivity index (χ1) is 11.1. The number of ether oxygens (including phenoxy) is 1. The third-order valence-corrected chi connectivity index (χ3v) is 4.90. The SMILES string of the molecule is Cc1ccc2oc(C(=O)N3CC[C@@]4(CCCO4)C(=O)C3)cc2c1. The van der Waals surface area contributed by atoms with Gasteiger partial charge in [-0.1, -0.05) is 11.6 Å². The molecule has 1 atom stereocenters. The Hall–Kier alpha value is -2.14. The molecule has 1 aromatic heterocycles. The van der Waals surface area contributed by atoms with Crippen LogP contribution < -0.4 is 0 Å². The fraction of sp³-hybridized carbons (Fsp3) is 0.444. The summed E-state index contributed by atoms with van der Waals surface area (Å²) in [7, 11) is 0. The van der Waals surface area contributed by atoms with Crippen molar-refractivity contribution in [2.24, 2.45) is 0 Å². The lowest BCUT2D eigenvalue weighted by atomic mass is 9.87. The molecule has 0 radical (unpaired) electrons. The zero-order valence-corrected chi connectivity index (χ0v) is 13.1. The molecule has 23 heavy (non-hydrogen) atoms. The highest BCUT2D eigenvalue weighted by molar-refractivity contribution is 6.00. The van der Waals surface area contributed by atoms with Gasteiger partial charge in [-0.15, -0.1) is 0 Å². The number of ketones is 1. The molecule has 1 amide bonds. The van der Waals surface area contributed by atoms with Gasteiger partial charge in [0.25, 0.3) is 5.91 Å². The van der Waals surface area contributed by atoms with E-state index in [1.54, 1.807) is 11.0 Å². The average Bonchev–Trinajstić information content (AvgIpc) is 3.16. The van der Waals surface area contributed by atoms with Gasteiger partial charge in [-0.05, 0) is 38.0 Å². The number of nitrogens with zero attached hydrogens (tertiary/aromatic N) is 1. The Bertz CT molecular complexity index is 785. The van der Waals surface area contributed by atoms with E-state index in [-0.39, 0.29) is 18.2 Å². The maximum absolute atomic E-state index is 12.6. The highest BCUT2D eigenvalue weighted by Crippen LogP contribution is 2.34. The highest BCUT2D eigenvalue weighted by atomic mass is 16.5. The van der Waals surface area contributed by atoms with Gasteiger partial charge in [-0.2, -0.15) is 0 Å². The van der Waals surface area contributed by atoms with Crippen LogP contribution in [0.3, 0.4) is 0 Å². The number of likely N-dealkylation sites (tertiary alicyclic amines) is 1. The molecule has 0 aliphatic carbocycles. The molecule has 2 aliphatic heterocycles. The van der Waals surface area contributed by atoms with Gasteiger partial charge in [0, 0.05) is 25.0 Å². The molecule has 5 nitrogen and oxygen atoms in total. The molecule has 2 saturated heterocycles. The normalized spacial score (nSPS) is 24.7. The van der Waals surface area contributed by atoms with Gasteiger partial charge >= 0.3 is 0 Å². The lowest BCUT2D eigenvalue weighted by Gasteiger charge is -2.36. The van der Waals surface area contributed by atoms with Crippen LogP contribution >= 0.6 is 0 Å². The number of Topliss-reactive ketones (excluding diaryl/α,β-unsaturated/α-hetero) is 1. The first-order valence-corrected chi connectivity index (χ1v) is 8.04. The molecule has 2 fully saturated rings. The monoisotopic (exact) mass is 313 g/mol. The van der Waals surface area contributed by atoms with E-state index in [2.05, 4.69) is 0 Å². The fourth-order valence-electron chi connectivity index (χ4n) is 3.56. The number of carbonyl (C=O) groups excluding carboxylic acids is 2. The van der Waals surface area contributed by atoms with Crippen LogP contribution in [0.25, 0.3) is 11.0 Å². The lowest BCUT2D eigenvalue weighted by molar-refractivity contribution is -0.144. The van der Waals surface area contributed by atoms with Crippen LogP contribution in [0.1, 0.15) is 35.4 Å². The number of hydrogen-bond donors (Lipinski definition) is 0. The summed E-state index contributed by atoms with van der Waals surface area (Å²) in [5, 5.41) is 0.910. The number of furan rings is 1. The summed E-state index contributed by atoms with van der Waals surface area (Å²) >= 11 is 0. The summed E-state index contributed by atoms with van der Waals surface area (Å²) in [5.74, 6) is 0.0864. The Morgan fingerprint density at radius 1 is 1.26 bits per heavy atom. The van der Waals surface area contributed by atoms with Crippen LogP contribution in [0.5, 0.6) is 0 Å². The summed E-state index contributed by atoms with van der Waals surface area (Å²) in [5.41, 5.74) is 1.17. The Kier molecular flexibility index (Phi) is 3.27. The number of benzene rings is 1. The van der Waals surface area contributed by atoms with Gasteiger partial charge in [0.2, 0.25) is 0 Å². The van der Waals surface area contributed by atoms with Crippen molar-refractivity contribution in [3.8, 4) is 0 Å². The highest BCUT2D eigenvalue weighted by Gasteiger charge is 2.46. The molecular formula is C18H19NO4. The Morgan fingerprint density at radius 2 is 2.13 bits per heavy atom. The molecule has 1 spiro atoms. The van der Waals surface area contributed by atoms with Gasteiger partial charge < -0.3 is 14.1 Å². The van der Waals surface area contributed by atoms with Crippen molar-refractivity contribution in [1.82, 2.24) is 4.90 Å². The van der Waals surface area contributed by atoms with Crippen LogP contribution in [0.2, 0.25) is 0 Å². The number of rotatable bonds is 1. The van der Waals surface area contributed by atoms with E-state index < -0.39 is 5.60 Å². The third kappa shape index (κ3) is 2.36. The summed E-state index contributed by atoms with van der Waals surface area (Å²) in [6.07, 6.45) is 2.28. The number of carbonyl (C=O) groups is 2. The molecule has 2 aromatic rings. The quantitative estimate of drug-likeness (QED) is 0.812. The predicted octanol–water partition coefficient (Wildman–Crippen LogP) is 2.71. The molecule has 1 aromatic carbocycles. The molecular weight excluding hydrogens is 294 g/mol. The van der Waals surface area contributed by atoms with Crippen molar-refractivity contribution >= 4 is 22.7 Å². The van der Waals surface area contributed by atoms with Crippen molar-refractivity contribution < 1.29 is 18.7 Å². The van der Waals surface area contributed by atoms with E-state index in [1.807, 2.05) is 25.1 Å². The molecule has 0 N–H and O–H groups in total. The second-order valence-corrected chi connectivity index (χ2v) is 6.50. The minimum atomic E-state index is -0.637. The topological polar surface area (TPSA) is 59.8 Å². The van der Waals surface area contributed by atoms with E-state index in [0.717, 1.165) is 23.8 Å². The number of piperidine rings is 1. The van der Waals surface area contributed by atoms with Gasteiger partial charge in [0.1, 0.15) is 11.2 Å². The maximum Gasteiger partial charge on any atom is 0.290 e. The number of aryl methyl sites for hydroxylation is 1. The summed E-state index contributed by atoms with van der Waals surface area (Å²) in [6.45, 7) is 3.27. The summed E-state index contributed by atoms with van der Waals surface area (Å²) in [6, 6.07) is 7.56. The van der Waals surface area contributed by atoms with Gasteiger partial charge in [-0.3, -0.25) is 9.59 Å². The molecule has 0 unspecified atom stereocenters. The Balaban J connectivity index is 1.55. The first kappa shape index (κ1) is 14.5. The van der Waals surface area contributed by atoms with Crippen LogP contribution in [-0.4, -0.2) is 41.9 Å². The number of hydrogen-bond acceptors (Lipinski definition) is 4. The van der Waals surface area contributed by atoms with Crippen LogP contribution in [0.4, 0.5) is 0 Å². The van der Waals surface area contributed by atoms with E-state index in [1.165, 1.54) is 0 Å². The second-order valence-electron chi connectivity index (χ2n) is 6.50. The van der Waals surface area contributed by atoms with E-state index >= 15 is 0 Å². The van der Waals surface area contributed by atoms with Crippen LogP contribution in [0.15, 0.2) is 28.7 Å². The average molecular weight is 313 g/mol. The molecule has 120 valence electrons. The number of amides is 1. The zero-order chi connectivity index (χ0) is 16.0. The zero-order valence-electron chi connectivity index (χ0n) is 13.1.